The van der Waals surface area contributed by atoms with Crippen LogP contribution in [0.15, 0.2) is 18.2 Å². The van der Waals surface area contributed by atoms with Crippen LogP contribution >= 0.6 is 0 Å². The summed E-state index contributed by atoms with van der Waals surface area (Å²) in [6.07, 6.45) is 3.60. The van der Waals surface area contributed by atoms with E-state index >= 15 is 0 Å². The molecule has 0 atom stereocenters. The Hall–Kier alpha value is -1.88. The third kappa shape index (κ3) is 3.30. The molecule has 2 aliphatic heterocycles. The molecule has 2 heterocycles. The molecule has 1 saturated heterocycles. The highest BCUT2D eigenvalue weighted by Crippen LogP contribution is 2.30. The van der Waals surface area contributed by atoms with Crippen LogP contribution in [0.4, 0.5) is 11.4 Å². The van der Waals surface area contributed by atoms with E-state index in [9.17, 15) is 9.59 Å². The molecule has 0 spiro atoms. The van der Waals surface area contributed by atoms with Gasteiger partial charge in [0.1, 0.15) is 0 Å². The van der Waals surface area contributed by atoms with Crippen molar-refractivity contribution >= 4 is 23.2 Å². The Morgan fingerprint density at radius 3 is 2.82 bits per heavy atom. The number of carbonyl (C=O) groups excluding carboxylic acids is 2. The van der Waals surface area contributed by atoms with Gasteiger partial charge in [-0.1, -0.05) is 0 Å². The minimum atomic E-state index is 0.0708. The second kappa shape index (κ2) is 6.48. The molecule has 22 heavy (non-hydrogen) atoms. The predicted octanol–water partition coefficient (Wildman–Crippen LogP) is 1.92. The molecule has 5 heteroatoms. The predicted molar refractivity (Wildman–Crippen MR) is 87.0 cm³/mol. The van der Waals surface area contributed by atoms with Gasteiger partial charge in [0.2, 0.25) is 11.8 Å². The van der Waals surface area contributed by atoms with E-state index in [0.717, 1.165) is 55.8 Å². The average Bonchev–Trinajstić information content (AvgIpc) is 2.91. The van der Waals surface area contributed by atoms with Gasteiger partial charge in [-0.3, -0.25) is 9.59 Å². The van der Waals surface area contributed by atoms with Gasteiger partial charge in [0, 0.05) is 31.3 Å². The molecule has 0 bridgehead atoms. The number of carbonyl (C=O) groups is 2. The lowest BCUT2D eigenvalue weighted by molar-refractivity contribution is -0.117. The molecule has 2 N–H and O–H groups in total. The number of amides is 2. The Kier molecular flexibility index (Phi) is 4.43. The average molecular weight is 301 g/mol. The number of hydrogen-bond acceptors (Lipinski definition) is 3. The largest absolute Gasteiger partial charge is 0.326 e. The first kappa shape index (κ1) is 15.0. The fourth-order valence-corrected chi connectivity index (χ4v) is 3.37. The summed E-state index contributed by atoms with van der Waals surface area (Å²) in [5, 5.41) is 6.32. The van der Waals surface area contributed by atoms with Gasteiger partial charge in [-0.05, 0) is 62.0 Å². The van der Waals surface area contributed by atoms with Gasteiger partial charge in [-0.2, -0.15) is 0 Å². The summed E-state index contributed by atoms with van der Waals surface area (Å²) in [5.41, 5.74) is 2.95. The third-order valence-corrected chi connectivity index (χ3v) is 4.57. The van der Waals surface area contributed by atoms with E-state index in [4.69, 9.17) is 0 Å². The first-order valence-electron chi connectivity index (χ1n) is 8.05. The standard InChI is InChI=1S/C17H23N3O2/c1-12(21)20-9-6-14-11-15(2-3-16(14)20)19-17(22)10-13-4-7-18-8-5-13/h2-3,11,13,18H,4-10H2,1H3,(H,19,22). The number of hydrogen-bond donors (Lipinski definition) is 2. The van der Waals surface area contributed by atoms with Gasteiger partial charge in [0.05, 0.1) is 0 Å². The molecular formula is C17H23N3O2. The molecule has 0 aliphatic carbocycles. The molecule has 1 aromatic rings. The van der Waals surface area contributed by atoms with E-state index in [0.29, 0.717) is 12.3 Å². The van der Waals surface area contributed by atoms with Crippen molar-refractivity contribution in [3.63, 3.8) is 0 Å². The normalized spacial score (nSPS) is 18.1. The fraction of sp³-hybridized carbons (Fsp3) is 0.529. The Balaban J connectivity index is 1.61. The maximum atomic E-state index is 12.2. The first-order chi connectivity index (χ1) is 10.6. The van der Waals surface area contributed by atoms with Crippen molar-refractivity contribution in [3.8, 4) is 0 Å². The lowest BCUT2D eigenvalue weighted by atomic mass is 9.94. The van der Waals surface area contributed by atoms with Crippen molar-refractivity contribution in [2.75, 3.05) is 29.9 Å². The van der Waals surface area contributed by atoms with Crippen LogP contribution in [-0.4, -0.2) is 31.4 Å². The number of benzene rings is 1. The highest BCUT2D eigenvalue weighted by Gasteiger charge is 2.22. The molecule has 2 aliphatic rings. The molecule has 5 nitrogen and oxygen atoms in total. The SMILES string of the molecule is CC(=O)N1CCc2cc(NC(=O)CC3CCNCC3)ccc21. The van der Waals surface area contributed by atoms with Gasteiger partial charge in [-0.15, -0.1) is 0 Å². The van der Waals surface area contributed by atoms with Crippen LogP contribution < -0.4 is 15.5 Å². The molecule has 0 aromatic heterocycles. The number of nitrogens with one attached hydrogen (secondary N) is 2. The molecule has 3 rings (SSSR count). The third-order valence-electron chi connectivity index (χ3n) is 4.57. The van der Waals surface area contributed by atoms with Crippen LogP contribution in [-0.2, 0) is 16.0 Å². The highest BCUT2D eigenvalue weighted by molar-refractivity contribution is 5.95. The second-order valence-corrected chi connectivity index (χ2v) is 6.21. The van der Waals surface area contributed by atoms with Gasteiger partial charge in [0.15, 0.2) is 0 Å². The zero-order valence-corrected chi connectivity index (χ0v) is 13.0. The maximum Gasteiger partial charge on any atom is 0.224 e. The molecule has 0 saturated carbocycles. The summed E-state index contributed by atoms with van der Waals surface area (Å²) in [7, 11) is 0. The molecule has 1 fully saturated rings. The van der Waals surface area contributed by atoms with Crippen LogP contribution in [0.5, 0.6) is 0 Å². The minimum absolute atomic E-state index is 0.0708. The minimum Gasteiger partial charge on any atom is -0.326 e. The van der Waals surface area contributed by atoms with E-state index in [1.54, 1.807) is 11.8 Å². The number of rotatable bonds is 3. The summed E-state index contributed by atoms with van der Waals surface area (Å²) in [4.78, 5) is 25.5. The smallest absolute Gasteiger partial charge is 0.224 e. The number of fused-ring (bicyclic) bond motifs is 1. The van der Waals surface area contributed by atoms with Crippen LogP contribution in [0.1, 0.15) is 31.7 Å². The lowest BCUT2D eigenvalue weighted by Crippen LogP contribution is -2.30. The molecule has 0 radical (unpaired) electrons. The Bertz CT molecular complexity index is 579. The van der Waals surface area contributed by atoms with Crippen molar-refractivity contribution in [2.24, 2.45) is 5.92 Å². The van der Waals surface area contributed by atoms with Gasteiger partial charge >= 0.3 is 0 Å². The molecule has 2 amide bonds. The Morgan fingerprint density at radius 1 is 1.32 bits per heavy atom. The number of nitrogens with zero attached hydrogens (tertiary/aromatic N) is 1. The second-order valence-electron chi connectivity index (χ2n) is 6.21. The Morgan fingerprint density at radius 2 is 2.09 bits per heavy atom. The monoisotopic (exact) mass is 301 g/mol. The molecule has 1 aromatic carbocycles. The van der Waals surface area contributed by atoms with Crippen molar-refractivity contribution in [1.29, 1.82) is 0 Å². The van der Waals surface area contributed by atoms with Gasteiger partial charge in [-0.25, -0.2) is 0 Å². The van der Waals surface area contributed by atoms with E-state index < -0.39 is 0 Å². The number of anilines is 2. The summed E-state index contributed by atoms with van der Waals surface area (Å²) >= 11 is 0. The first-order valence-corrected chi connectivity index (χ1v) is 8.05. The van der Waals surface area contributed by atoms with Crippen molar-refractivity contribution in [3.05, 3.63) is 23.8 Å². The lowest BCUT2D eigenvalue weighted by Gasteiger charge is -2.22. The van der Waals surface area contributed by atoms with Crippen molar-refractivity contribution in [1.82, 2.24) is 5.32 Å². The van der Waals surface area contributed by atoms with E-state index in [1.165, 1.54) is 0 Å². The van der Waals surface area contributed by atoms with Gasteiger partial charge in [0.25, 0.3) is 0 Å². The zero-order chi connectivity index (χ0) is 15.5. The number of piperidine rings is 1. The summed E-state index contributed by atoms with van der Waals surface area (Å²) in [6, 6.07) is 5.82. The van der Waals surface area contributed by atoms with Gasteiger partial charge < -0.3 is 15.5 Å². The fourth-order valence-electron chi connectivity index (χ4n) is 3.37. The van der Waals surface area contributed by atoms with Crippen LogP contribution in [0.3, 0.4) is 0 Å². The van der Waals surface area contributed by atoms with Crippen LogP contribution in [0, 0.1) is 5.92 Å². The summed E-state index contributed by atoms with van der Waals surface area (Å²) < 4.78 is 0. The van der Waals surface area contributed by atoms with E-state index in [1.807, 2.05) is 18.2 Å². The van der Waals surface area contributed by atoms with Crippen molar-refractivity contribution < 1.29 is 9.59 Å². The zero-order valence-electron chi connectivity index (χ0n) is 13.0. The van der Waals surface area contributed by atoms with Crippen LogP contribution in [0.2, 0.25) is 0 Å². The summed E-state index contributed by atoms with van der Waals surface area (Å²) in [6.45, 7) is 4.34. The quantitative estimate of drug-likeness (QED) is 0.896. The van der Waals surface area contributed by atoms with Crippen molar-refractivity contribution in [2.45, 2.75) is 32.6 Å². The summed E-state index contributed by atoms with van der Waals surface area (Å²) in [5.74, 6) is 0.651. The van der Waals surface area contributed by atoms with E-state index in [-0.39, 0.29) is 11.8 Å². The molecular weight excluding hydrogens is 278 g/mol. The van der Waals surface area contributed by atoms with E-state index in [2.05, 4.69) is 10.6 Å². The van der Waals surface area contributed by atoms with Crippen LogP contribution in [0.25, 0.3) is 0 Å². The topological polar surface area (TPSA) is 61.4 Å². The highest BCUT2D eigenvalue weighted by atomic mass is 16.2. The maximum absolute atomic E-state index is 12.2. The molecule has 0 unspecified atom stereocenters. The molecule has 118 valence electrons. The Labute approximate surface area is 131 Å².